The molecule has 0 heterocycles. The fourth-order valence-corrected chi connectivity index (χ4v) is 26.1. The van der Waals surface area contributed by atoms with Crippen LogP contribution in [0.5, 0.6) is 0 Å². The minimum absolute atomic E-state index is 0.946. The molecule has 8 nitrogen and oxygen atoms in total. The summed E-state index contributed by atoms with van der Waals surface area (Å²) in [7, 11) is 2.61. The third-order valence-electron chi connectivity index (χ3n) is 13.3. The molecule has 0 N–H and O–H groups in total. The molecule has 0 bridgehead atoms. The standard InChI is InChI=1S/C48H76O8Si5/c1-49-58(50-2,45-29-13-9-14-30-45)41-25-21-37-57(38-22-26-42-59(51-3,52-4)46-31-15-10-16-32-46,39-23-27-43-60(53-5,54-6)47-33-17-11-18-34-47)40-24-28-44-61(55-7,56-8)48-35-19-12-20-36-48/h9-20,29-36H,21-28,37-44H2,1-8H3. The average Bonchev–Trinajstić information content (AvgIpc) is 3.33. The van der Waals surface area contributed by atoms with Crippen LogP contribution in [0, 0.1) is 0 Å². The topological polar surface area (TPSA) is 73.8 Å². The molecule has 61 heavy (non-hydrogen) atoms. The normalized spacial score (nSPS) is 12.9. The predicted molar refractivity (Wildman–Crippen MR) is 265 cm³/mol. The lowest BCUT2D eigenvalue weighted by Crippen LogP contribution is -2.52. The van der Waals surface area contributed by atoms with E-state index >= 15 is 0 Å². The highest BCUT2D eigenvalue weighted by Crippen LogP contribution is 2.37. The second-order valence-electron chi connectivity index (χ2n) is 16.4. The molecular formula is C48H76O8Si5. The Morgan fingerprint density at radius 2 is 0.410 bits per heavy atom. The van der Waals surface area contributed by atoms with Gasteiger partial charge in [0.25, 0.3) is 0 Å². The Hall–Kier alpha value is -2.36. The summed E-state index contributed by atoms with van der Waals surface area (Å²) in [6, 6.07) is 51.4. The van der Waals surface area contributed by atoms with Gasteiger partial charge in [-0.05, 0) is 44.9 Å². The van der Waals surface area contributed by atoms with Crippen molar-refractivity contribution in [3.8, 4) is 0 Å². The summed E-state index contributed by atoms with van der Waals surface area (Å²) in [6.45, 7) is 0. The number of hydrogen-bond acceptors (Lipinski definition) is 8. The zero-order valence-corrected chi connectivity index (χ0v) is 43.6. The van der Waals surface area contributed by atoms with Gasteiger partial charge in [0.1, 0.15) is 0 Å². The number of rotatable bonds is 32. The maximum atomic E-state index is 6.28. The molecule has 0 spiro atoms. The highest BCUT2D eigenvalue weighted by molar-refractivity contribution is 6.83. The molecule has 0 saturated carbocycles. The van der Waals surface area contributed by atoms with Crippen LogP contribution in [0.25, 0.3) is 0 Å². The Kier molecular flexibility index (Phi) is 22.2. The van der Waals surface area contributed by atoms with Crippen molar-refractivity contribution in [1.82, 2.24) is 0 Å². The minimum atomic E-state index is -2.55. The molecule has 0 unspecified atom stereocenters. The Morgan fingerprint density at radius 3 is 0.574 bits per heavy atom. The average molecular weight is 922 g/mol. The van der Waals surface area contributed by atoms with Gasteiger partial charge in [0.2, 0.25) is 0 Å². The van der Waals surface area contributed by atoms with E-state index in [4.69, 9.17) is 35.4 Å². The lowest BCUT2D eigenvalue weighted by Gasteiger charge is -2.35. The highest BCUT2D eigenvalue weighted by Gasteiger charge is 2.42. The van der Waals surface area contributed by atoms with Crippen molar-refractivity contribution in [3.05, 3.63) is 121 Å². The van der Waals surface area contributed by atoms with Gasteiger partial charge >= 0.3 is 34.2 Å². The van der Waals surface area contributed by atoms with E-state index in [-0.39, 0.29) is 0 Å². The molecule has 0 aliphatic heterocycles. The summed E-state index contributed by atoms with van der Waals surface area (Å²) in [5, 5.41) is 4.82. The molecule has 0 radical (unpaired) electrons. The fourth-order valence-electron chi connectivity index (χ4n) is 9.62. The van der Waals surface area contributed by atoms with Crippen LogP contribution in [-0.4, -0.2) is 99.2 Å². The summed E-state index contributed by atoms with van der Waals surface area (Å²) in [5.74, 6) is 0. The Bertz CT molecular complexity index is 1470. The van der Waals surface area contributed by atoms with Crippen LogP contribution in [0.1, 0.15) is 51.4 Å². The van der Waals surface area contributed by atoms with E-state index in [0.717, 1.165) is 49.9 Å². The first-order valence-electron chi connectivity index (χ1n) is 22.4. The van der Waals surface area contributed by atoms with Gasteiger partial charge in [0, 0.05) is 56.9 Å². The molecule has 13 heteroatoms. The van der Waals surface area contributed by atoms with Crippen molar-refractivity contribution < 1.29 is 35.4 Å². The van der Waals surface area contributed by atoms with E-state index in [1.54, 1.807) is 0 Å². The predicted octanol–water partition coefficient (Wildman–Crippen LogP) is 9.12. The summed E-state index contributed by atoms with van der Waals surface area (Å²) >= 11 is 0. The van der Waals surface area contributed by atoms with Gasteiger partial charge in [-0.1, -0.05) is 197 Å². The molecule has 0 fully saturated rings. The number of hydrogen-bond donors (Lipinski definition) is 0. The maximum Gasteiger partial charge on any atom is 0.371 e. The number of unbranched alkanes of at least 4 members (excludes halogenated alkanes) is 4. The Morgan fingerprint density at radius 1 is 0.246 bits per heavy atom. The molecule has 0 amide bonds. The van der Waals surface area contributed by atoms with Crippen molar-refractivity contribution in [2.45, 2.75) is 99.7 Å². The van der Waals surface area contributed by atoms with Crippen molar-refractivity contribution >= 4 is 63.1 Å². The first-order valence-corrected chi connectivity index (χ1v) is 33.3. The molecule has 0 aliphatic carbocycles. The quantitative estimate of drug-likeness (QED) is 0.0355. The van der Waals surface area contributed by atoms with Crippen LogP contribution in [0.2, 0.25) is 48.4 Å². The zero-order chi connectivity index (χ0) is 43.9. The number of benzene rings is 4. The van der Waals surface area contributed by atoms with Crippen molar-refractivity contribution in [1.29, 1.82) is 0 Å². The zero-order valence-electron chi connectivity index (χ0n) is 38.6. The highest BCUT2D eigenvalue weighted by atomic mass is 28.4. The fraction of sp³-hybridized carbons (Fsp3) is 0.500. The van der Waals surface area contributed by atoms with Gasteiger partial charge in [-0.3, -0.25) is 0 Å². The first kappa shape index (κ1) is 51.3. The van der Waals surface area contributed by atoms with Crippen LogP contribution < -0.4 is 20.7 Å². The van der Waals surface area contributed by atoms with Crippen molar-refractivity contribution in [3.63, 3.8) is 0 Å². The van der Waals surface area contributed by atoms with Crippen LogP contribution in [0.4, 0.5) is 0 Å². The largest absolute Gasteiger partial charge is 0.394 e. The molecule has 4 aromatic rings. The van der Waals surface area contributed by atoms with Gasteiger partial charge in [-0.2, -0.15) is 0 Å². The van der Waals surface area contributed by atoms with E-state index in [1.165, 1.54) is 70.6 Å². The summed E-state index contributed by atoms with van der Waals surface area (Å²) in [6.07, 6.45) is 9.06. The van der Waals surface area contributed by atoms with Crippen molar-refractivity contribution in [2.75, 3.05) is 56.9 Å². The van der Waals surface area contributed by atoms with E-state index in [2.05, 4.69) is 121 Å². The first-order chi connectivity index (χ1) is 29.7. The Balaban J connectivity index is 1.59. The van der Waals surface area contributed by atoms with Crippen LogP contribution >= 0.6 is 0 Å². The maximum absolute atomic E-state index is 6.28. The van der Waals surface area contributed by atoms with E-state index in [0.29, 0.717) is 0 Å². The molecule has 0 aromatic heterocycles. The van der Waals surface area contributed by atoms with E-state index in [9.17, 15) is 0 Å². The monoisotopic (exact) mass is 920 g/mol. The minimum Gasteiger partial charge on any atom is -0.394 e. The smallest absolute Gasteiger partial charge is 0.371 e. The van der Waals surface area contributed by atoms with Gasteiger partial charge in [-0.25, -0.2) is 0 Å². The molecule has 4 rings (SSSR count). The summed E-state index contributed by atoms with van der Waals surface area (Å²) < 4.78 is 50.2. The van der Waals surface area contributed by atoms with Gasteiger partial charge < -0.3 is 35.4 Å². The third-order valence-corrected chi connectivity index (χ3v) is 33.2. The van der Waals surface area contributed by atoms with Gasteiger partial charge in [0.15, 0.2) is 0 Å². The van der Waals surface area contributed by atoms with E-state index in [1.807, 2.05) is 56.9 Å². The van der Waals surface area contributed by atoms with Crippen molar-refractivity contribution in [2.24, 2.45) is 0 Å². The lowest BCUT2D eigenvalue weighted by atomic mass is 10.3. The molecule has 0 atom stereocenters. The lowest BCUT2D eigenvalue weighted by molar-refractivity contribution is 0.256. The molecule has 336 valence electrons. The van der Waals surface area contributed by atoms with Gasteiger partial charge in [0.05, 0.1) is 8.07 Å². The van der Waals surface area contributed by atoms with Crippen LogP contribution in [0.15, 0.2) is 121 Å². The van der Waals surface area contributed by atoms with Crippen LogP contribution in [-0.2, 0) is 35.4 Å². The molecule has 4 aromatic carbocycles. The Labute approximate surface area is 374 Å². The molecular weight excluding hydrogens is 845 g/mol. The summed E-state index contributed by atoms with van der Waals surface area (Å²) in [5.41, 5.74) is 0. The molecule has 0 saturated heterocycles. The van der Waals surface area contributed by atoms with E-state index < -0.39 is 42.3 Å². The second kappa shape index (κ2) is 26.4. The summed E-state index contributed by atoms with van der Waals surface area (Å²) in [4.78, 5) is 0. The van der Waals surface area contributed by atoms with Crippen LogP contribution in [0.3, 0.4) is 0 Å². The third kappa shape index (κ3) is 13.8. The second-order valence-corrected chi connectivity index (χ2v) is 35.0. The van der Waals surface area contributed by atoms with Gasteiger partial charge in [-0.15, -0.1) is 0 Å². The molecule has 0 aliphatic rings. The SMILES string of the molecule is CO[Si](CCCC[Si](CCCC[Si](OC)(OC)c1ccccc1)(CCCC[Si](OC)(OC)c1ccccc1)CCCC[Si](OC)(OC)c1ccccc1)(OC)c1ccccc1.